The SMILES string of the molecule is CCC(CC)CS(=O)(=O)N[C@H](Cc1ccccc1)C(=O)O. The molecule has 0 aromatic heterocycles. The molecule has 1 rings (SSSR count). The third-order valence-corrected chi connectivity index (χ3v) is 5.07. The molecule has 0 aliphatic carbocycles. The molecule has 0 spiro atoms. The molecule has 0 aliphatic rings. The Morgan fingerprint density at radius 3 is 2.24 bits per heavy atom. The van der Waals surface area contributed by atoms with Gasteiger partial charge in [-0.3, -0.25) is 4.79 Å². The molecule has 6 heteroatoms. The minimum absolute atomic E-state index is 0.0292. The number of benzene rings is 1. The molecule has 0 amide bonds. The summed E-state index contributed by atoms with van der Waals surface area (Å²) < 4.78 is 26.5. The van der Waals surface area contributed by atoms with E-state index in [0.717, 1.165) is 18.4 Å². The lowest BCUT2D eigenvalue weighted by atomic mass is 10.1. The quantitative estimate of drug-likeness (QED) is 0.731. The van der Waals surface area contributed by atoms with Gasteiger partial charge in [0.15, 0.2) is 0 Å². The van der Waals surface area contributed by atoms with Crippen molar-refractivity contribution in [3.63, 3.8) is 0 Å². The van der Waals surface area contributed by atoms with Crippen molar-refractivity contribution in [2.24, 2.45) is 5.92 Å². The van der Waals surface area contributed by atoms with E-state index in [9.17, 15) is 18.3 Å². The molecule has 21 heavy (non-hydrogen) atoms. The monoisotopic (exact) mass is 313 g/mol. The molecular formula is C15H23NO4S. The molecular weight excluding hydrogens is 290 g/mol. The van der Waals surface area contributed by atoms with Crippen molar-refractivity contribution in [2.45, 2.75) is 39.2 Å². The second-order valence-corrected chi connectivity index (χ2v) is 6.96. The molecule has 118 valence electrons. The maximum Gasteiger partial charge on any atom is 0.322 e. The highest BCUT2D eigenvalue weighted by molar-refractivity contribution is 7.89. The fraction of sp³-hybridized carbons (Fsp3) is 0.533. The molecule has 1 aromatic carbocycles. The number of aliphatic carboxylic acids is 1. The summed E-state index contributed by atoms with van der Waals surface area (Å²) in [7, 11) is -3.60. The van der Waals surface area contributed by atoms with Crippen LogP contribution >= 0.6 is 0 Å². The molecule has 0 fully saturated rings. The smallest absolute Gasteiger partial charge is 0.322 e. The van der Waals surface area contributed by atoms with Crippen LogP contribution in [0.2, 0.25) is 0 Å². The van der Waals surface area contributed by atoms with Gasteiger partial charge in [-0.25, -0.2) is 13.1 Å². The zero-order valence-corrected chi connectivity index (χ0v) is 13.3. The van der Waals surface area contributed by atoms with Gasteiger partial charge in [0.25, 0.3) is 0 Å². The van der Waals surface area contributed by atoms with Gasteiger partial charge in [-0.2, -0.15) is 0 Å². The second kappa shape index (κ2) is 8.14. The minimum atomic E-state index is -3.60. The molecule has 5 nitrogen and oxygen atoms in total. The summed E-state index contributed by atoms with van der Waals surface area (Å²) >= 11 is 0. The Balaban J connectivity index is 2.76. The van der Waals surface area contributed by atoms with Gasteiger partial charge in [0.2, 0.25) is 10.0 Å². The first-order valence-corrected chi connectivity index (χ1v) is 8.79. The molecule has 0 radical (unpaired) electrons. The van der Waals surface area contributed by atoms with Crippen LogP contribution < -0.4 is 4.72 Å². The van der Waals surface area contributed by atoms with Gasteiger partial charge < -0.3 is 5.11 Å². The lowest BCUT2D eigenvalue weighted by Gasteiger charge is -2.18. The van der Waals surface area contributed by atoms with Crippen LogP contribution in [0.5, 0.6) is 0 Å². The number of hydrogen-bond donors (Lipinski definition) is 2. The lowest BCUT2D eigenvalue weighted by Crippen LogP contribution is -2.44. The van der Waals surface area contributed by atoms with Crippen molar-refractivity contribution in [1.29, 1.82) is 0 Å². The van der Waals surface area contributed by atoms with Crippen molar-refractivity contribution in [3.8, 4) is 0 Å². The first kappa shape index (κ1) is 17.7. The van der Waals surface area contributed by atoms with Crippen molar-refractivity contribution in [2.75, 3.05) is 5.75 Å². The number of sulfonamides is 1. The average molecular weight is 313 g/mol. The van der Waals surface area contributed by atoms with Crippen LogP contribution in [-0.2, 0) is 21.2 Å². The lowest BCUT2D eigenvalue weighted by molar-refractivity contribution is -0.138. The predicted molar refractivity (Wildman–Crippen MR) is 82.6 cm³/mol. The molecule has 2 N–H and O–H groups in total. The van der Waals surface area contributed by atoms with Crippen molar-refractivity contribution < 1.29 is 18.3 Å². The predicted octanol–water partition coefficient (Wildman–Crippen LogP) is 2.04. The van der Waals surface area contributed by atoms with E-state index < -0.39 is 22.0 Å². The van der Waals surface area contributed by atoms with E-state index in [4.69, 9.17) is 0 Å². The highest BCUT2D eigenvalue weighted by Crippen LogP contribution is 2.11. The van der Waals surface area contributed by atoms with Crippen molar-refractivity contribution in [1.82, 2.24) is 4.72 Å². The van der Waals surface area contributed by atoms with Crippen LogP contribution in [-0.4, -0.2) is 31.3 Å². The average Bonchev–Trinajstić information content (AvgIpc) is 2.45. The fourth-order valence-corrected chi connectivity index (χ4v) is 3.93. The summed E-state index contributed by atoms with van der Waals surface area (Å²) in [4.78, 5) is 11.3. The molecule has 0 aliphatic heterocycles. The topological polar surface area (TPSA) is 83.5 Å². The Hall–Kier alpha value is -1.40. The molecule has 0 saturated carbocycles. The van der Waals surface area contributed by atoms with Crippen molar-refractivity contribution in [3.05, 3.63) is 35.9 Å². The van der Waals surface area contributed by atoms with Crippen LogP contribution in [0.1, 0.15) is 32.3 Å². The Morgan fingerprint density at radius 1 is 1.19 bits per heavy atom. The number of carbonyl (C=O) groups is 1. The molecule has 0 bridgehead atoms. The zero-order valence-electron chi connectivity index (χ0n) is 12.5. The van der Waals surface area contributed by atoms with Crippen LogP contribution in [0.15, 0.2) is 30.3 Å². The highest BCUT2D eigenvalue weighted by atomic mass is 32.2. The van der Waals surface area contributed by atoms with Crippen LogP contribution in [0.4, 0.5) is 0 Å². The van der Waals surface area contributed by atoms with Crippen LogP contribution in [0.3, 0.4) is 0 Å². The van der Waals surface area contributed by atoms with Gasteiger partial charge >= 0.3 is 5.97 Å². The van der Waals surface area contributed by atoms with E-state index in [-0.39, 0.29) is 18.1 Å². The van der Waals surface area contributed by atoms with Crippen molar-refractivity contribution >= 4 is 16.0 Å². The van der Waals surface area contributed by atoms with Gasteiger partial charge in [0, 0.05) is 0 Å². The van der Waals surface area contributed by atoms with Gasteiger partial charge in [-0.1, -0.05) is 57.0 Å². The largest absolute Gasteiger partial charge is 0.480 e. The summed E-state index contributed by atoms with van der Waals surface area (Å²) in [6.45, 7) is 3.87. The number of carboxylic acids is 1. The first-order chi connectivity index (χ1) is 9.88. The Kier molecular flexibility index (Phi) is 6.84. The third-order valence-electron chi connectivity index (χ3n) is 3.51. The van der Waals surface area contributed by atoms with E-state index in [1.807, 2.05) is 19.9 Å². The van der Waals surface area contributed by atoms with Gasteiger partial charge in [0.05, 0.1) is 5.75 Å². The van der Waals surface area contributed by atoms with Gasteiger partial charge in [-0.15, -0.1) is 0 Å². The summed E-state index contributed by atoms with van der Waals surface area (Å²) in [5, 5.41) is 9.22. The van der Waals surface area contributed by atoms with E-state index in [2.05, 4.69) is 4.72 Å². The maximum absolute atomic E-state index is 12.1. The van der Waals surface area contributed by atoms with Gasteiger partial charge in [0.1, 0.15) is 6.04 Å². The zero-order chi connectivity index (χ0) is 15.9. The Bertz CT molecular complexity index is 538. The van der Waals surface area contributed by atoms with E-state index in [1.54, 1.807) is 24.3 Å². The van der Waals surface area contributed by atoms with E-state index >= 15 is 0 Å². The summed E-state index contributed by atoms with van der Waals surface area (Å²) in [6, 6.07) is 7.86. The second-order valence-electron chi connectivity index (χ2n) is 5.16. The standard InChI is InChI=1S/C15H23NO4S/c1-3-12(4-2)11-21(19,20)16-14(15(17)18)10-13-8-6-5-7-9-13/h5-9,12,14,16H,3-4,10-11H2,1-2H3,(H,17,18)/t14-/m1/s1. The number of rotatable bonds is 9. The molecule has 0 saturated heterocycles. The van der Waals surface area contributed by atoms with Crippen LogP contribution in [0, 0.1) is 5.92 Å². The Labute approximate surface area is 126 Å². The fourth-order valence-electron chi connectivity index (χ4n) is 2.13. The highest BCUT2D eigenvalue weighted by Gasteiger charge is 2.25. The molecule has 1 atom stereocenters. The normalized spacial score (nSPS) is 13.3. The van der Waals surface area contributed by atoms with Crippen LogP contribution in [0.25, 0.3) is 0 Å². The first-order valence-electron chi connectivity index (χ1n) is 7.14. The maximum atomic E-state index is 12.1. The van der Waals surface area contributed by atoms with E-state index in [0.29, 0.717) is 0 Å². The number of carboxylic acid groups (broad SMARTS) is 1. The number of hydrogen-bond acceptors (Lipinski definition) is 3. The summed E-state index contributed by atoms with van der Waals surface area (Å²) in [6.07, 6.45) is 1.65. The summed E-state index contributed by atoms with van der Waals surface area (Å²) in [5.74, 6) is -1.14. The minimum Gasteiger partial charge on any atom is -0.480 e. The number of nitrogens with one attached hydrogen (secondary N) is 1. The Morgan fingerprint density at radius 2 is 1.76 bits per heavy atom. The van der Waals surface area contributed by atoms with Gasteiger partial charge in [-0.05, 0) is 17.9 Å². The third kappa shape index (κ3) is 6.27. The summed E-state index contributed by atoms with van der Waals surface area (Å²) in [5.41, 5.74) is 0.787. The molecule has 1 aromatic rings. The molecule has 0 unspecified atom stereocenters. The molecule has 0 heterocycles. The van der Waals surface area contributed by atoms with E-state index in [1.165, 1.54) is 0 Å².